The van der Waals surface area contributed by atoms with Gasteiger partial charge in [0.2, 0.25) is 15.8 Å². The Kier molecular flexibility index (Phi) is 7.62. The first-order valence-electron chi connectivity index (χ1n) is 13.2. The van der Waals surface area contributed by atoms with E-state index in [1.54, 1.807) is 7.05 Å². The van der Waals surface area contributed by atoms with Crippen LogP contribution in [0.3, 0.4) is 0 Å². The van der Waals surface area contributed by atoms with Gasteiger partial charge in [-0.15, -0.1) is 0 Å². The number of ether oxygens (including phenoxy) is 1. The van der Waals surface area contributed by atoms with Crippen LogP contribution in [0.25, 0.3) is 5.69 Å². The average Bonchev–Trinajstić information content (AvgIpc) is 3.65. The van der Waals surface area contributed by atoms with E-state index in [0.29, 0.717) is 30.9 Å². The molecule has 1 N–H and O–H groups in total. The molecule has 2 heterocycles. The van der Waals surface area contributed by atoms with E-state index in [-0.39, 0.29) is 35.7 Å². The Morgan fingerprint density at radius 2 is 1.75 bits per heavy atom. The second-order valence-electron chi connectivity index (χ2n) is 10.8. The lowest BCUT2D eigenvalue weighted by Gasteiger charge is -2.35. The van der Waals surface area contributed by atoms with Gasteiger partial charge in [0.05, 0.1) is 24.2 Å². The molecule has 3 aromatic rings. The Morgan fingerprint density at radius 3 is 2.38 bits per heavy atom. The molecule has 2 aromatic carbocycles. The van der Waals surface area contributed by atoms with Crippen molar-refractivity contribution in [2.75, 3.05) is 50.1 Å². The van der Waals surface area contributed by atoms with Crippen LogP contribution >= 0.6 is 0 Å². The molecule has 1 saturated heterocycles. The van der Waals surface area contributed by atoms with Crippen LogP contribution in [0.15, 0.2) is 47.4 Å². The third-order valence-corrected chi connectivity index (χ3v) is 9.42. The quantitative estimate of drug-likeness (QED) is 0.391. The number of benzene rings is 2. The van der Waals surface area contributed by atoms with E-state index in [9.17, 15) is 22.0 Å². The Bertz CT molecular complexity index is 1570. The molecule has 0 atom stereocenters. The van der Waals surface area contributed by atoms with Crippen molar-refractivity contribution in [1.29, 1.82) is 0 Å². The van der Waals surface area contributed by atoms with E-state index in [1.165, 1.54) is 10.5 Å². The number of sulfonamides is 1. The summed E-state index contributed by atoms with van der Waals surface area (Å²) >= 11 is 0. The van der Waals surface area contributed by atoms with Gasteiger partial charge in [0.25, 0.3) is 0 Å². The molecule has 1 saturated carbocycles. The highest BCUT2D eigenvalue weighted by Crippen LogP contribution is 2.45. The lowest BCUT2D eigenvalue weighted by atomic mass is 9.93. The summed E-state index contributed by atoms with van der Waals surface area (Å²) in [5.41, 5.74) is 2.32. The molecule has 1 aliphatic carbocycles. The van der Waals surface area contributed by atoms with E-state index in [2.05, 4.69) is 17.3 Å². The lowest BCUT2D eigenvalue weighted by Crippen LogP contribution is -2.49. The summed E-state index contributed by atoms with van der Waals surface area (Å²) in [5, 5.41) is 7.27. The normalized spacial score (nSPS) is 17.1. The summed E-state index contributed by atoms with van der Waals surface area (Å²) in [4.78, 5) is 15.4. The number of aromatic nitrogens is 2. The van der Waals surface area contributed by atoms with Crippen molar-refractivity contribution in [1.82, 2.24) is 14.1 Å². The SMILES string of the molecule is Bc1ccc(CS(=O)(=O)N2CCN(c3cnn(-c4cc(F)cc(F)c4)c(=O)c3OCC3(C)CC3)CC2)cc1NC. The van der Waals surface area contributed by atoms with Crippen LogP contribution in [0.5, 0.6) is 5.75 Å². The van der Waals surface area contributed by atoms with Crippen molar-refractivity contribution in [2.24, 2.45) is 5.41 Å². The first-order valence-corrected chi connectivity index (χ1v) is 14.8. The summed E-state index contributed by atoms with van der Waals surface area (Å²) in [6.07, 6.45) is 3.39. The molecule has 9 nitrogen and oxygen atoms in total. The third-order valence-electron chi connectivity index (χ3n) is 7.57. The van der Waals surface area contributed by atoms with Gasteiger partial charge in [-0.1, -0.05) is 24.5 Å². The Balaban J connectivity index is 1.37. The van der Waals surface area contributed by atoms with E-state index < -0.39 is 27.2 Å². The first-order chi connectivity index (χ1) is 19.0. The maximum atomic E-state index is 13.9. The van der Waals surface area contributed by atoms with E-state index in [0.717, 1.165) is 46.9 Å². The molecule has 1 aromatic heterocycles. The fourth-order valence-electron chi connectivity index (χ4n) is 4.78. The molecule has 2 fully saturated rings. The largest absolute Gasteiger partial charge is 0.486 e. The molecule has 212 valence electrons. The van der Waals surface area contributed by atoms with Gasteiger partial charge in [-0.3, -0.25) is 4.79 Å². The maximum Gasteiger partial charge on any atom is 0.316 e. The van der Waals surface area contributed by atoms with Gasteiger partial charge in [0.15, 0.2) is 0 Å². The summed E-state index contributed by atoms with van der Waals surface area (Å²) in [6.45, 7) is 3.47. The summed E-state index contributed by atoms with van der Waals surface area (Å²) in [7, 11) is 0.177. The van der Waals surface area contributed by atoms with Gasteiger partial charge < -0.3 is 15.0 Å². The summed E-state index contributed by atoms with van der Waals surface area (Å²) in [6, 6.07) is 8.34. The Labute approximate surface area is 233 Å². The minimum absolute atomic E-state index is 0.0291. The number of rotatable bonds is 9. The van der Waals surface area contributed by atoms with Crippen LogP contribution in [0.4, 0.5) is 20.2 Å². The zero-order valence-corrected chi connectivity index (χ0v) is 23.6. The van der Waals surface area contributed by atoms with Crippen molar-refractivity contribution < 1.29 is 21.9 Å². The monoisotopic (exact) mass is 571 g/mol. The van der Waals surface area contributed by atoms with Crippen LogP contribution < -0.4 is 26.0 Å². The second kappa shape index (κ2) is 10.8. The van der Waals surface area contributed by atoms with Crippen LogP contribution in [-0.4, -0.2) is 70.2 Å². The Morgan fingerprint density at radius 1 is 1.07 bits per heavy atom. The molecule has 0 unspecified atom stereocenters. The number of nitrogens with one attached hydrogen (secondary N) is 1. The lowest BCUT2D eigenvalue weighted by molar-refractivity contribution is 0.242. The molecular formula is C27H32BF2N5O4S. The second-order valence-corrected chi connectivity index (χ2v) is 12.8. The highest BCUT2D eigenvalue weighted by molar-refractivity contribution is 7.88. The fourth-order valence-corrected chi connectivity index (χ4v) is 6.28. The Hall–Kier alpha value is -3.45. The predicted molar refractivity (Wildman–Crippen MR) is 153 cm³/mol. The molecular weight excluding hydrogens is 539 g/mol. The molecule has 2 aliphatic rings. The van der Waals surface area contributed by atoms with Gasteiger partial charge in [-0.2, -0.15) is 14.1 Å². The first kappa shape index (κ1) is 28.1. The van der Waals surface area contributed by atoms with Gasteiger partial charge in [-0.05, 0) is 36.6 Å². The fraction of sp³-hybridized carbons (Fsp3) is 0.407. The van der Waals surface area contributed by atoms with Gasteiger partial charge >= 0.3 is 5.56 Å². The van der Waals surface area contributed by atoms with E-state index in [4.69, 9.17) is 4.74 Å². The molecule has 13 heteroatoms. The molecule has 0 amide bonds. The van der Waals surface area contributed by atoms with Gasteiger partial charge in [0.1, 0.15) is 25.2 Å². The van der Waals surface area contributed by atoms with Crippen LogP contribution in [0.1, 0.15) is 25.3 Å². The number of hydrogen-bond acceptors (Lipinski definition) is 7. The minimum Gasteiger partial charge on any atom is -0.486 e. The zero-order chi connectivity index (χ0) is 28.7. The number of nitrogens with zero attached hydrogens (tertiary/aromatic N) is 4. The minimum atomic E-state index is -3.58. The zero-order valence-electron chi connectivity index (χ0n) is 22.8. The van der Waals surface area contributed by atoms with E-state index >= 15 is 0 Å². The number of anilines is 2. The molecule has 1 aliphatic heterocycles. The average molecular weight is 571 g/mol. The van der Waals surface area contributed by atoms with Crippen LogP contribution in [-0.2, 0) is 15.8 Å². The van der Waals surface area contributed by atoms with E-state index in [1.807, 2.05) is 30.9 Å². The molecule has 0 radical (unpaired) electrons. The summed E-state index contributed by atoms with van der Waals surface area (Å²) in [5.74, 6) is -1.74. The number of piperazine rings is 1. The summed E-state index contributed by atoms with van der Waals surface area (Å²) < 4.78 is 62.6. The topological polar surface area (TPSA) is 96.8 Å². The number of halogens is 2. The van der Waals surface area contributed by atoms with Gasteiger partial charge in [-0.25, -0.2) is 17.2 Å². The van der Waals surface area contributed by atoms with Crippen molar-refractivity contribution in [2.45, 2.75) is 25.5 Å². The van der Waals surface area contributed by atoms with Crippen LogP contribution in [0, 0.1) is 17.0 Å². The maximum absolute atomic E-state index is 13.9. The number of hydrogen-bond donors (Lipinski definition) is 1. The van der Waals surface area contributed by atoms with Crippen molar-refractivity contribution in [3.63, 3.8) is 0 Å². The highest BCUT2D eigenvalue weighted by atomic mass is 32.2. The molecule has 0 bridgehead atoms. The van der Waals surface area contributed by atoms with Crippen molar-refractivity contribution in [3.8, 4) is 11.4 Å². The highest BCUT2D eigenvalue weighted by Gasteiger charge is 2.39. The standard InChI is InChI=1S/C27H32BF2N5O4S/c1-27(5-6-27)17-39-25-24(15-32-35(26(25)36)21-13-19(29)12-20(30)14-21)33-7-9-34(10-8-33)40(37,38)16-18-3-4-22(28)23(11-18)31-2/h3-4,11-15,31H,5-10,16-17,28H2,1-2H3. The molecule has 40 heavy (non-hydrogen) atoms. The smallest absolute Gasteiger partial charge is 0.316 e. The molecule has 5 rings (SSSR count). The molecule has 0 spiro atoms. The van der Waals surface area contributed by atoms with Crippen LogP contribution in [0.2, 0.25) is 0 Å². The van der Waals surface area contributed by atoms with Crippen molar-refractivity contribution in [3.05, 3.63) is 70.1 Å². The van der Waals surface area contributed by atoms with Crippen molar-refractivity contribution >= 4 is 34.7 Å². The van der Waals surface area contributed by atoms with Gasteiger partial charge in [0, 0.05) is 50.4 Å². The third kappa shape index (κ3) is 6.00. The predicted octanol–water partition coefficient (Wildman–Crippen LogP) is 1.64.